The first-order valence-electron chi connectivity index (χ1n) is 9.00. The Hall–Kier alpha value is -2.49. The number of hydrogen-bond acceptors (Lipinski definition) is 6. The van der Waals surface area contributed by atoms with Gasteiger partial charge in [-0.1, -0.05) is 17.7 Å². The van der Waals surface area contributed by atoms with Crippen molar-refractivity contribution in [2.45, 2.75) is 13.1 Å². The second-order valence-electron chi connectivity index (χ2n) is 6.48. The second kappa shape index (κ2) is 8.68. The Kier molecular flexibility index (Phi) is 5.84. The van der Waals surface area contributed by atoms with E-state index < -0.39 is 0 Å². The maximum atomic E-state index is 12.3. The molecule has 0 atom stereocenters. The zero-order valence-corrected chi connectivity index (χ0v) is 16.7. The number of hydrogen-bond donors (Lipinski definition) is 1. The predicted molar refractivity (Wildman–Crippen MR) is 108 cm³/mol. The van der Waals surface area contributed by atoms with Crippen LogP contribution in [-0.2, 0) is 13.1 Å². The first-order chi connectivity index (χ1) is 13.7. The van der Waals surface area contributed by atoms with Gasteiger partial charge in [0.1, 0.15) is 0 Å². The standard InChI is InChI=1S/C18H20ClN7OS/c19-14-3-5-15(6-4-14)26-17(21-22-23-26)13-24-7-9-25(10-8-24)18(27)20-12-16-2-1-11-28-16/h1-6,11H,7-10,12-13H2,(H,20,27). The maximum Gasteiger partial charge on any atom is 0.317 e. The van der Waals surface area contributed by atoms with Gasteiger partial charge in [0.15, 0.2) is 5.82 Å². The summed E-state index contributed by atoms with van der Waals surface area (Å²) in [7, 11) is 0. The molecule has 1 aliphatic heterocycles. The van der Waals surface area contributed by atoms with Gasteiger partial charge in [-0.05, 0) is 46.1 Å². The number of urea groups is 1. The first kappa shape index (κ1) is 18.9. The summed E-state index contributed by atoms with van der Waals surface area (Å²) in [5, 5.41) is 17.7. The lowest BCUT2D eigenvalue weighted by molar-refractivity contribution is 0.133. The highest BCUT2D eigenvalue weighted by atomic mass is 35.5. The second-order valence-corrected chi connectivity index (χ2v) is 7.95. The third-order valence-corrected chi connectivity index (χ3v) is 5.75. The van der Waals surface area contributed by atoms with Gasteiger partial charge in [0.25, 0.3) is 0 Å². The summed E-state index contributed by atoms with van der Waals surface area (Å²) in [6, 6.07) is 11.4. The van der Waals surface area contributed by atoms with E-state index >= 15 is 0 Å². The van der Waals surface area contributed by atoms with Crippen LogP contribution in [-0.4, -0.2) is 62.2 Å². The summed E-state index contributed by atoms with van der Waals surface area (Å²) in [5.74, 6) is 0.762. The summed E-state index contributed by atoms with van der Waals surface area (Å²) < 4.78 is 1.72. The van der Waals surface area contributed by atoms with Gasteiger partial charge >= 0.3 is 6.03 Å². The van der Waals surface area contributed by atoms with E-state index in [2.05, 4.69) is 25.7 Å². The van der Waals surface area contributed by atoms with Gasteiger partial charge in [-0.2, -0.15) is 4.68 Å². The smallest absolute Gasteiger partial charge is 0.317 e. The number of benzene rings is 1. The van der Waals surface area contributed by atoms with E-state index in [0.717, 1.165) is 29.5 Å². The molecule has 1 N–H and O–H groups in total. The molecule has 0 spiro atoms. The van der Waals surface area contributed by atoms with E-state index in [1.165, 1.54) is 0 Å². The van der Waals surface area contributed by atoms with Gasteiger partial charge < -0.3 is 10.2 Å². The summed E-state index contributed by atoms with van der Waals surface area (Å²) in [4.78, 5) is 17.6. The minimum Gasteiger partial charge on any atom is -0.333 e. The Balaban J connectivity index is 1.30. The molecule has 0 saturated carbocycles. The summed E-state index contributed by atoms with van der Waals surface area (Å²) in [6.07, 6.45) is 0. The molecule has 1 aliphatic rings. The SMILES string of the molecule is O=C(NCc1cccs1)N1CCN(Cc2nnnn2-c2ccc(Cl)cc2)CC1. The van der Waals surface area contributed by atoms with Crippen LogP contribution in [0.5, 0.6) is 0 Å². The summed E-state index contributed by atoms with van der Waals surface area (Å²) in [5.41, 5.74) is 0.871. The van der Waals surface area contributed by atoms with Crippen LogP contribution in [0.4, 0.5) is 4.79 Å². The minimum absolute atomic E-state index is 0.0148. The van der Waals surface area contributed by atoms with Gasteiger partial charge in [-0.25, -0.2) is 4.79 Å². The number of thiophene rings is 1. The van der Waals surface area contributed by atoms with Crippen LogP contribution in [0.25, 0.3) is 5.69 Å². The molecule has 146 valence electrons. The van der Waals surface area contributed by atoms with Crippen LogP contribution < -0.4 is 5.32 Å². The fourth-order valence-corrected chi connectivity index (χ4v) is 3.85. The molecular formula is C18H20ClN7OS. The molecule has 0 aliphatic carbocycles. The molecule has 2 aromatic heterocycles. The van der Waals surface area contributed by atoms with E-state index in [1.54, 1.807) is 16.0 Å². The number of rotatable bonds is 5. The zero-order valence-electron chi connectivity index (χ0n) is 15.2. The van der Waals surface area contributed by atoms with Crippen molar-refractivity contribution in [1.29, 1.82) is 0 Å². The van der Waals surface area contributed by atoms with Crippen LogP contribution >= 0.6 is 22.9 Å². The van der Waals surface area contributed by atoms with Crippen molar-refractivity contribution in [2.24, 2.45) is 0 Å². The lowest BCUT2D eigenvalue weighted by Crippen LogP contribution is -2.51. The van der Waals surface area contributed by atoms with Crippen LogP contribution in [0, 0.1) is 0 Å². The molecule has 0 radical (unpaired) electrons. The molecule has 0 bridgehead atoms. The molecule has 8 nitrogen and oxygen atoms in total. The van der Waals surface area contributed by atoms with Gasteiger partial charge in [0.05, 0.1) is 18.8 Å². The number of tetrazole rings is 1. The van der Waals surface area contributed by atoms with Crippen LogP contribution in [0.1, 0.15) is 10.7 Å². The summed E-state index contributed by atoms with van der Waals surface area (Å²) in [6.45, 7) is 4.12. The molecule has 10 heteroatoms. The fraction of sp³-hybridized carbons (Fsp3) is 0.333. The Bertz CT molecular complexity index is 904. The molecule has 1 aromatic carbocycles. The van der Waals surface area contributed by atoms with Crippen molar-refractivity contribution in [2.75, 3.05) is 26.2 Å². The third-order valence-electron chi connectivity index (χ3n) is 4.62. The molecule has 1 fully saturated rings. The largest absolute Gasteiger partial charge is 0.333 e. The Labute approximate surface area is 171 Å². The Morgan fingerprint density at radius 1 is 1.14 bits per heavy atom. The molecule has 28 heavy (non-hydrogen) atoms. The van der Waals surface area contributed by atoms with E-state index in [0.29, 0.717) is 31.2 Å². The van der Waals surface area contributed by atoms with Crippen molar-refractivity contribution in [1.82, 2.24) is 35.3 Å². The fourth-order valence-electron chi connectivity index (χ4n) is 3.08. The van der Waals surface area contributed by atoms with E-state index in [1.807, 2.05) is 46.7 Å². The average Bonchev–Trinajstić information content (AvgIpc) is 3.39. The monoisotopic (exact) mass is 417 g/mol. The number of piperazine rings is 1. The van der Waals surface area contributed by atoms with Crippen molar-refractivity contribution in [3.63, 3.8) is 0 Å². The van der Waals surface area contributed by atoms with Crippen molar-refractivity contribution in [3.8, 4) is 5.69 Å². The number of carbonyl (C=O) groups is 1. The van der Waals surface area contributed by atoms with Crippen molar-refractivity contribution >= 4 is 29.0 Å². The average molecular weight is 418 g/mol. The number of aromatic nitrogens is 4. The molecule has 1 saturated heterocycles. The predicted octanol–water partition coefficient (Wildman–Crippen LogP) is 2.40. The topological polar surface area (TPSA) is 79.2 Å². The van der Waals surface area contributed by atoms with Gasteiger partial charge in [-0.3, -0.25) is 4.90 Å². The van der Waals surface area contributed by atoms with E-state index in [-0.39, 0.29) is 6.03 Å². The number of halogens is 1. The van der Waals surface area contributed by atoms with E-state index in [9.17, 15) is 4.79 Å². The Morgan fingerprint density at radius 2 is 1.93 bits per heavy atom. The molecule has 3 aromatic rings. The third kappa shape index (κ3) is 4.49. The molecule has 3 heterocycles. The van der Waals surface area contributed by atoms with Crippen LogP contribution in [0.15, 0.2) is 41.8 Å². The highest BCUT2D eigenvalue weighted by molar-refractivity contribution is 7.09. The number of nitrogens with one attached hydrogen (secondary N) is 1. The van der Waals surface area contributed by atoms with Gasteiger partial charge in [0, 0.05) is 36.1 Å². The molecule has 4 rings (SSSR count). The first-order valence-corrected chi connectivity index (χ1v) is 10.3. The maximum absolute atomic E-state index is 12.3. The quantitative estimate of drug-likeness (QED) is 0.689. The number of nitrogens with zero attached hydrogens (tertiary/aromatic N) is 6. The Morgan fingerprint density at radius 3 is 2.64 bits per heavy atom. The number of carbonyl (C=O) groups excluding carboxylic acids is 1. The zero-order chi connectivity index (χ0) is 19.3. The lowest BCUT2D eigenvalue weighted by atomic mass is 10.3. The molecular weight excluding hydrogens is 398 g/mol. The number of amides is 2. The lowest BCUT2D eigenvalue weighted by Gasteiger charge is -2.34. The van der Waals surface area contributed by atoms with Gasteiger partial charge in [0.2, 0.25) is 0 Å². The van der Waals surface area contributed by atoms with E-state index in [4.69, 9.17) is 11.6 Å². The molecule has 0 unspecified atom stereocenters. The highest BCUT2D eigenvalue weighted by Crippen LogP contribution is 2.15. The molecule has 2 amide bonds. The van der Waals surface area contributed by atoms with Crippen molar-refractivity contribution in [3.05, 3.63) is 57.5 Å². The summed E-state index contributed by atoms with van der Waals surface area (Å²) >= 11 is 7.60. The normalized spacial score (nSPS) is 15.0. The van der Waals surface area contributed by atoms with Gasteiger partial charge in [-0.15, -0.1) is 16.4 Å². The highest BCUT2D eigenvalue weighted by Gasteiger charge is 2.22. The van der Waals surface area contributed by atoms with Crippen LogP contribution in [0.2, 0.25) is 5.02 Å². The van der Waals surface area contributed by atoms with Crippen LogP contribution in [0.3, 0.4) is 0 Å². The van der Waals surface area contributed by atoms with Crippen molar-refractivity contribution < 1.29 is 4.79 Å². The minimum atomic E-state index is -0.0148.